The lowest BCUT2D eigenvalue weighted by atomic mass is 10.2. The van der Waals surface area contributed by atoms with Crippen LogP contribution in [-0.2, 0) is 20.2 Å². The third-order valence-corrected chi connectivity index (χ3v) is 2.96. The molecule has 0 unspecified atom stereocenters. The van der Waals surface area contributed by atoms with Gasteiger partial charge in [0.1, 0.15) is 18.2 Å². The highest BCUT2D eigenvalue weighted by Gasteiger charge is 2.06. The summed E-state index contributed by atoms with van der Waals surface area (Å²) in [6.45, 7) is 2.82. The molecule has 0 fully saturated rings. The van der Waals surface area contributed by atoms with Crippen LogP contribution in [0, 0.1) is 6.92 Å². The summed E-state index contributed by atoms with van der Waals surface area (Å²) >= 11 is 5.90. The molecular formula is C13H16ClN3O. The van der Waals surface area contributed by atoms with Crippen molar-refractivity contribution in [1.29, 1.82) is 0 Å². The number of ether oxygens (including phenoxy) is 1. The van der Waals surface area contributed by atoms with E-state index in [0.717, 1.165) is 22.8 Å². The molecule has 1 aromatic heterocycles. The fraction of sp³-hybridized carbons (Fsp3) is 0.308. The van der Waals surface area contributed by atoms with Crippen molar-refractivity contribution in [1.82, 2.24) is 9.55 Å². The number of aryl methyl sites for hydroxylation is 2. The van der Waals surface area contributed by atoms with E-state index in [1.54, 1.807) is 0 Å². The summed E-state index contributed by atoms with van der Waals surface area (Å²) in [6, 6.07) is 5.55. The van der Waals surface area contributed by atoms with Crippen molar-refractivity contribution in [2.24, 2.45) is 12.8 Å². The molecule has 4 nitrogen and oxygen atoms in total. The van der Waals surface area contributed by atoms with Gasteiger partial charge in [-0.1, -0.05) is 11.6 Å². The molecule has 1 heterocycles. The van der Waals surface area contributed by atoms with Gasteiger partial charge in [0.05, 0.1) is 5.69 Å². The first-order valence-corrected chi connectivity index (χ1v) is 6.08. The minimum atomic E-state index is 0.416. The van der Waals surface area contributed by atoms with Crippen LogP contribution in [0.1, 0.15) is 17.1 Å². The highest BCUT2D eigenvalue weighted by molar-refractivity contribution is 6.30. The molecule has 0 aliphatic heterocycles. The minimum absolute atomic E-state index is 0.416. The molecule has 0 spiro atoms. The minimum Gasteiger partial charge on any atom is -0.485 e. The summed E-state index contributed by atoms with van der Waals surface area (Å²) in [5.74, 6) is 1.67. The third-order valence-electron chi connectivity index (χ3n) is 2.73. The van der Waals surface area contributed by atoms with Gasteiger partial charge in [0, 0.05) is 24.8 Å². The number of halogens is 1. The van der Waals surface area contributed by atoms with Gasteiger partial charge >= 0.3 is 0 Å². The van der Waals surface area contributed by atoms with Crippen molar-refractivity contribution in [2.45, 2.75) is 20.1 Å². The van der Waals surface area contributed by atoms with Gasteiger partial charge in [0.15, 0.2) is 0 Å². The van der Waals surface area contributed by atoms with Gasteiger partial charge in [-0.2, -0.15) is 0 Å². The molecule has 2 aromatic rings. The van der Waals surface area contributed by atoms with Gasteiger partial charge in [-0.25, -0.2) is 4.98 Å². The van der Waals surface area contributed by atoms with E-state index >= 15 is 0 Å². The largest absolute Gasteiger partial charge is 0.485 e. The zero-order valence-electron chi connectivity index (χ0n) is 10.5. The Bertz CT molecular complexity index is 551. The van der Waals surface area contributed by atoms with Gasteiger partial charge in [-0.3, -0.25) is 0 Å². The van der Waals surface area contributed by atoms with Crippen molar-refractivity contribution < 1.29 is 4.74 Å². The maximum absolute atomic E-state index is 5.90. The van der Waals surface area contributed by atoms with E-state index in [9.17, 15) is 0 Å². The van der Waals surface area contributed by atoms with Crippen molar-refractivity contribution >= 4 is 11.6 Å². The lowest BCUT2D eigenvalue weighted by Crippen LogP contribution is -2.04. The number of aromatic nitrogens is 2. The molecule has 18 heavy (non-hydrogen) atoms. The molecule has 96 valence electrons. The van der Waals surface area contributed by atoms with Crippen LogP contribution in [-0.4, -0.2) is 9.55 Å². The van der Waals surface area contributed by atoms with Crippen LogP contribution in [0.25, 0.3) is 0 Å². The summed E-state index contributed by atoms with van der Waals surface area (Å²) < 4.78 is 7.66. The molecule has 0 radical (unpaired) electrons. The van der Waals surface area contributed by atoms with Crippen molar-refractivity contribution in [3.8, 4) is 5.75 Å². The summed E-state index contributed by atoms with van der Waals surface area (Å²) in [4.78, 5) is 4.38. The highest BCUT2D eigenvalue weighted by atomic mass is 35.5. The number of imidazole rings is 1. The van der Waals surface area contributed by atoms with E-state index < -0.39 is 0 Å². The van der Waals surface area contributed by atoms with Crippen molar-refractivity contribution in [2.75, 3.05) is 0 Å². The van der Waals surface area contributed by atoms with E-state index in [4.69, 9.17) is 22.1 Å². The molecule has 2 N–H and O–H groups in total. The van der Waals surface area contributed by atoms with Crippen LogP contribution >= 0.6 is 11.6 Å². The highest BCUT2D eigenvalue weighted by Crippen LogP contribution is 2.22. The van der Waals surface area contributed by atoms with Gasteiger partial charge in [-0.05, 0) is 30.7 Å². The van der Waals surface area contributed by atoms with Crippen LogP contribution in [0.5, 0.6) is 5.75 Å². The summed E-state index contributed by atoms with van der Waals surface area (Å²) in [7, 11) is 1.93. The average Bonchev–Trinajstić information content (AvgIpc) is 2.69. The lowest BCUT2D eigenvalue weighted by Gasteiger charge is -2.09. The van der Waals surface area contributed by atoms with Gasteiger partial charge in [0.2, 0.25) is 0 Å². The summed E-state index contributed by atoms with van der Waals surface area (Å²) in [6.07, 6.45) is 1.91. The first-order chi connectivity index (χ1) is 8.60. The zero-order chi connectivity index (χ0) is 13.1. The first kappa shape index (κ1) is 12.9. The Balaban J connectivity index is 2.08. The molecule has 2 rings (SSSR count). The van der Waals surface area contributed by atoms with Crippen LogP contribution in [0.3, 0.4) is 0 Å². The quantitative estimate of drug-likeness (QED) is 0.924. The molecule has 0 aliphatic rings. The van der Waals surface area contributed by atoms with E-state index in [1.165, 1.54) is 0 Å². The molecular weight excluding hydrogens is 250 g/mol. The molecule has 0 saturated carbocycles. The second-order valence-corrected chi connectivity index (χ2v) is 4.60. The van der Waals surface area contributed by atoms with Gasteiger partial charge < -0.3 is 15.0 Å². The van der Waals surface area contributed by atoms with E-state index in [2.05, 4.69) is 4.98 Å². The third kappa shape index (κ3) is 2.83. The Morgan fingerprint density at radius 2 is 2.22 bits per heavy atom. The second kappa shape index (κ2) is 5.42. The number of hydrogen-bond acceptors (Lipinski definition) is 3. The van der Waals surface area contributed by atoms with Crippen LogP contribution in [0.15, 0.2) is 24.4 Å². The molecule has 1 aromatic carbocycles. The smallest absolute Gasteiger partial charge is 0.146 e. The van der Waals surface area contributed by atoms with Gasteiger partial charge in [-0.15, -0.1) is 0 Å². The monoisotopic (exact) mass is 265 g/mol. The Kier molecular flexibility index (Phi) is 3.89. The Labute approximate surface area is 111 Å². The number of hydrogen-bond donors (Lipinski definition) is 1. The fourth-order valence-corrected chi connectivity index (χ4v) is 1.95. The van der Waals surface area contributed by atoms with Crippen LogP contribution in [0.4, 0.5) is 0 Å². The van der Waals surface area contributed by atoms with E-state index in [1.807, 2.05) is 42.9 Å². The number of nitrogens with two attached hydrogens (primary N) is 1. The lowest BCUT2D eigenvalue weighted by molar-refractivity contribution is 0.289. The zero-order valence-corrected chi connectivity index (χ0v) is 11.2. The summed E-state index contributed by atoms with van der Waals surface area (Å²) in [5, 5.41) is 0.710. The fourth-order valence-electron chi connectivity index (χ4n) is 1.72. The van der Waals surface area contributed by atoms with Gasteiger partial charge in [0.25, 0.3) is 0 Å². The van der Waals surface area contributed by atoms with Crippen LogP contribution in [0.2, 0.25) is 5.02 Å². The maximum atomic E-state index is 5.90. The Morgan fingerprint density at radius 1 is 1.44 bits per heavy atom. The van der Waals surface area contributed by atoms with E-state index in [-0.39, 0.29) is 0 Å². The second-order valence-electron chi connectivity index (χ2n) is 4.16. The molecule has 0 amide bonds. The number of benzene rings is 1. The first-order valence-electron chi connectivity index (χ1n) is 5.70. The van der Waals surface area contributed by atoms with Crippen molar-refractivity contribution in [3.63, 3.8) is 0 Å². The molecule has 0 aliphatic carbocycles. The molecule has 5 heteroatoms. The Morgan fingerprint density at radius 3 is 2.83 bits per heavy atom. The van der Waals surface area contributed by atoms with Crippen molar-refractivity contribution in [3.05, 3.63) is 46.5 Å². The predicted octanol–water partition coefficient (Wildman–Crippen LogP) is 2.42. The maximum Gasteiger partial charge on any atom is 0.146 e. The average molecular weight is 266 g/mol. The van der Waals surface area contributed by atoms with Crippen LogP contribution < -0.4 is 10.5 Å². The normalized spacial score (nSPS) is 10.7. The molecule has 0 atom stereocenters. The SMILES string of the molecule is Cc1cc(Cl)ccc1OCc1nc(CN)cn1C. The Hall–Kier alpha value is -1.52. The summed E-state index contributed by atoms with van der Waals surface area (Å²) in [5.41, 5.74) is 7.42. The standard InChI is InChI=1S/C13H16ClN3O/c1-9-5-10(14)3-4-12(9)18-8-13-16-11(6-15)7-17(13)2/h3-5,7H,6,8,15H2,1-2H3. The number of nitrogens with zero attached hydrogens (tertiary/aromatic N) is 2. The van der Waals surface area contributed by atoms with E-state index in [0.29, 0.717) is 18.2 Å². The molecule has 0 bridgehead atoms. The predicted molar refractivity (Wildman–Crippen MR) is 71.6 cm³/mol. The molecule has 0 saturated heterocycles. The number of rotatable bonds is 4. The topological polar surface area (TPSA) is 53.1 Å².